The van der Waals surface area contributed by atoms with Crippen LogP contribution in [0.1, 0.15) is 24.0 Å². The van der Waals surface area contributed by atoms with E-state index in [0.29, 0.717) is 0 Å². The summed E-state index contributed by atoms with van der Waals surface area (Å²) in [6, 6.07) is 6.21. The standard InChI is InChI=1S/C13H18N2O/c16-8-10-2-1-3-11-12(10)13(9-15-11)4-6-14-7-5-13/h1-3,14-16H,4-9H2. The van der Waals surface area contributed by atoms with Crippen LogP contribution in [0.3, 0.4) is 0 Å². The van der Waals surface area contributed by atoms with Crippen LogP contribution in [0.25, 0.3) is 0 Å². The zero-order valence-corrected chi connectivity index (χ0v) is 9.42. The topological polar surface area (TPSA) is 44.3 Å². The third-order valence-corrected chi connectivity index (χ3v) is 4.03. The molecule has 2 aliphatic heterocycles. The molecule has 0 aromatic heterocycles. The number of hydrogen-bond acceptors (Lipinski definition) is 3. The van der Waals surface area contributed by atoms with Gasteiger partial charge in [-0.2, -0.15) is 0 Å². The molecule has 0 bridgehead atoms. The smallest absolute Gasteiger partial charge is 0.0685 e. The van der Waals surface area contributed by atoms with Gasteiger partial charge in [0.05, 0.1) is 6.61 Å². The summed E-state index contributed by atoms with van der Waals surface area (Å²) in [5, 5.41) is 16.4. The quantitative estimate of drug-likeness (QED) is 0.664. The van der Waals surface area contributed by atoms with Crippen molar-refractivity contribution < 1.29 is 5.11 Å². The zero-order chi connectivity index (χ0) is 11.0. The Morgan fingerprint density at radius 3 is 2.81 bits per heavy atom. The number of anilines is 1. The molecule has 3 N–H and O–H groups in total. The van der Waals surface area contributed by atoms with E-state index in [1.165, 1.54) is 24.1 Å². The van der Waals surface area contributed by atoms with Gasteiger partial charge in [-0.3, -0.25) is 0 Å². The van der Waals surface area contributed by atoms with Crippen molar-refractivity contribution in [2.24, 2.45) is 0 Å². The highest BCUT2D eigenvalue weighted by Gasteiger charge is 2.40. The molecule has 0 aliphatic carbocycles. The van der Waals surface area contributed by atoms with Gasteiger partial charge in [0.15, 0.2) is 0 Å². The SMILES string of the molecule is OCc1cccc2c1C1(CCNCC1)CN2. The van der Waals surface area contributed by atoms with E-state index in [9.17, 15) is 5.11 Å². The average Bonchev–Trinajstić information content (AvgIpc) is 2.70. The summed E-state index contributed by atoms with van der Waals surface area (Å²) in [6.45, 7) is 3.35. The van der Waals surface area contributed by atoms with Gasteiger partial charge in [-0.05, 0) is 43.1 Å². The second-order valence-corrected chi connectivity index (χ2v) is 4.88. The summed E-state index contributed by atoms with van der Waals surface area (Å²) in [5.41, 5.74) is 3.97. The number of nitrogens with one attached hydrogen (secondary N) is 2. The van der Waals surface area contributed by atoms with Crippen LogP contribution in [0.2, 0.25) is 0 Å². The highest BCUT2D eigenvalue weighted by molar-refractivity contribution is 5.63. The number of benzene rings is 1. The minimum atomic E-state index is 0.153. The number of piperidine rings is 1. The van der Waals surface area contributed by atoms with Crippen molar-refractivity contribution >= 4 is 5.69 Å². The molecule has 0 saturated carbocycles. The second kappa shape index (κ2) is 3.75. The molecule has 3 heteroatoms. The lowest BCUT2D eigenvalue weighted by atomic mass is 9.73. The fourth-order valence-corrected chi connectivity index (χ4v) is 3.19. The highest BCUT2D eigenvalue weighted by Crippen LogP contribution is 2.44. The molecular weight excluding hydrogens is 200 g/mol. The summed E-state index contributed by atoms with van der Waals surface area (Å²) < 4.78 is 0. The van der Waals surface area contributed by atoms with Gasteiger partial charge >= 0.3 is 0 Å². The molecule has 2 aliphatic rings. The maximum atomic E-state index is 9.47. The number of rotatable bonds is 1. The molecule has 2 heterocycles. The Morgan fingerprint density at radius 1 is 1.25 bits per heavy atom. The van der Waals surface area contributed by atoms with Crippen LogP contribution in [0, 0.1) is 0 Å². The number of aliphatic hydroxyl groups excluding tert-OH is 1. The Labute approximate surface area is 95.9 Å². The van der Waals surface area contributed by atoms with Crippen molar-refractivity contribution in [2.45, 2.75) is 24.9 Å². The zero-order valence-electron chi connectivity index (χ0n) is 9.42. The van der Waals surface area contributed by atoms with Crippen LogP contribution in [-0.4, -0.2) is 24.7 Å². The van der Waals surface area contributed by atoms with E-state index in [4.69, 9.17) is 0 Å². The van der Waals surface area contributed by atoms with E-state index in [0.717, 1.165) is 25.2 Å². The number of aliphatic hydroxyl groups is 1. The van der Waals surface area contributed by atoms with Crippen molar-refractivity contribution in [3.8, 4) is 0 Å². The van der Waals surface area contributed by atoms with Gasteiger partial charge in [0, 0.05) is 17.6 Å². The minimum absolute atomic E-state index is 0.153. The highest BCUT2D eigenvalue weighted by atomic mass is 16.3. The summed E-state index contributed by atoms with van der Waals surface area (Å²) in [5.74, 6) is 0. The van der Waals surface area contributed by atoms with Crippen molar-refractivity contribution in [2.75, 3.05) is 25.0 Å². The largest absolute Gasteiger partial charge is 0.392 e. The molecule has 0 radical (unpaired) electrons. The van der Waals surface area contributed by atoms with Crippen molar-refractivity contribution in [1.29, 1.82) is 0 Å². The fourth-order valence-electron chi connectivity index (χ4n) is 3.19. The van der Waals surface area contributed by atoms with Crippen LogP contribution in [-0.2, 0) is 12.0 Å². The van der Waals surface area contributed by atoms with Gasteiger partial charge in [-0.25, -0.2) is 0 Å². The molecule has 0 amide bonds. The Hall–Kier alpha value is -1.06. The summed E-state index contributed by atoms with van der Waals surface area (Å²) in [6.07, 6.45) is 2.34. The first-order valence-corrected chi connectivity index (χ1v) is 6.04. The second-order valence-electron chi connectivity index (χ2n) is 4.88. The van der Waals surface area contributed by atoms with Gasteiger partial charge in [0.1, 0.15) is 0 Å². The van der Waals surface area contributed by atoms with Crippen LogP contribution < -0.4 is 10.6 Å². The van der Waals surface area contributed by atoms with Gasteiger partial charge in [0.2, 0.25) is 0 Å². The molecule has 1 aromatic rings. The molecule has 1 aromatic carbocycles. The monoisotopic (exact) mass is 218 g/mol. The lowest BCUT2D eigenvalue weighted by molar-refractivity contribution is 0.272. The van der Waals surface area contributed by atoms with Crippen LogP contribution >= 0.6 is 0 Å². The van der Waals surface area contributed by atoms with Crippen LogP contribution in [0.4, 0.5) is 5.69 Å². The third kappa shape index (κ3) is 1.35. The molecule has 1 fully saturated rings. The van der Waals surface area contributed by atoms with E-state index in [1.807, 2.05) is 6.07 Å². The maximum absolute atomic E-state index is 9.47. The van der Waals surface area contributed by atoms with Gasteiger partial charge in [-0.15, -0.1) is 0 Å². The molecular formula is C13H18N2O. The van der Waals surface area contributed by atoms with E-state index in [-0.39, 0.29) is 12.0 Å². The fraction of sp³-hybridized carbons (Fsp3) is 0.538. The molecule has 1 spiro atoms. The molecule has 86 valence electrons. The molecule has 0 atom stereocenters. The van der Waals surface area contributed by atoms with Crippen LogP contribution in [0.15, 0.2) is 18.2 Å². The molecule has 16 heavy (non-hydrogen) atoms. The lowest BCUT2D eigenvalue weighted by Crippen LogP contribution is -2.41. The third-order valence-electron chi connectivity index (χ3n) is 4.03. The molecule has 1 saturated heterocycles. The predicted molar refractivity (Wildman–Crippen MR) is 64.6 cm³/mol. The Kier molecular flexibility index (Phi) is 2.37. The molecule has 0 unspecified atom stereocenters. The average molecular weight is 218 g/mol. The van der Waals surface area contributed by atoms with E-state index >= 15 is 0 Å². The summed E-state index contributed by atoms with van der Waals surface area (Å²) in [4.78, 5) is 0. The maximum Gasteiger partial charge on any atom is 0.0685 e. The Morgan fingerprint density at radius 2 is 2.06 bits per heavy atom. The number of hydrogen-bond donors (Lipinski definition) is 3. The normalized spacial score (nSPS) is 21.8. The van der Waals surface area contributed by atoms with Gasteiger partial charge in [-0.1, -0.05) is 12.1 Å². The number of fused-ring (bicyclic) bond motifs is 2. The van der Waals surface area contributed by atoms with Crippen molar-refractivity contribution in [3.63, 3.8) is 0 Å². The lowest BCUT2D eigenvalue weighted by Gasteiger charge is -2.35. The van der Waals surface area contributed by atoms with E-state index in [2.05, 4.69) is 22.8 Å². The predicted octanol–water partition coefficient (Wildman–Crippen LogP) is 1.23. The molecule has 3 nitrogen and oxygen atoms in total. The first-order chi connectivity index (χ1) is 7.86. The van der Waals surface area contributed by atoms with E-state index < -0.39 is 0 Å². The van der Waals surface area contributed by atoms with Gasteiger partial charge < -0.3 is 15.7 Å². The first-order valence-electron chi connectivity index (χ1n) is 6.04. The Bertz CT molecular complexity index is 391. The first kappa shape index (κ1) is 10.1. The van der Waals surface area contributed by atoms with Crippen molar-refractivity contribution in [1.82, 2.24) is 5.32 Å². The van der Waals surface area contributed by atoms with E-state index in [1.54, 1.807) is 0 Å². The van der Waals surface area contributed by atoms with Gasteiger partial charge in [0.25, 0.3) is 0 Å². The van der Waals surface area contributed by atoms with Crippen LogP contribution in [0.5, 0.6) is 0 Å². The van der Waals surface area contributed by atoms with Crippen molar-refractivity contribution in [3.05, 3.63) is 29.3 Å². The Balaban J connectivity index is 2.08. The summed E-state index contributed by atoms with van der Waals surface area (Å²) in [7, 11) is 0. The molecule has 3 rings (SSSR count). The summed E-state index contributed by atoms with van der Waals surface area (Å²) >= 11 is 0. The minimum Gasteiger partial charge on any atom is -0.392 e.